The summed E-state index contributed by atoms with van der Waals surface area (Å²) in [7, 11) is 0. The number of carbonyl (C=O) groups excluding carboxylic acids is 2. The summed E-state index contributed by atoms with van der Waals surface area (Å²) < 4.78 is 4.76. The molecule has 0 N–H and O–H groups in total. The molecule has 0 unspecified atom stereocenters. The second kappa shape index (κ2) is 6.29. The molecule has 1 spiro atoms. The Morgan fingerprint density at radius 1 is 1.40 bits per heavy atom. The van der Waals surface area contributed by atoms with Crippen LogP contribution in [0.15, 0.2) is 33.7 Å². The van der Waals surface area contributed by atoms with Gasteiger partial charge in [-0.15, -0.1) is 0 Å². The van der Waals surface area contributed by atoms with Gasteiger partial charge >= 0.3 is 0 Å². The van der Waals surface area contributed by atoms with Crippen molar-refractivity contribution in [2.45, 2.75) is 38.8 Å². The van der Waals surface area contributed by atoms with Gasteiger partial charge in [0.1, 0.15) is 6.26 Å². The van der Waals surface area contributed by atoms with Crippen molar-refractivity contribution in [2.75, 3.05) is 13.1 Å². The predicted octanol–water partition coefficient (Wildman–Crippen LogP) is 2.78. The SMILES string of the molecule is CC(=O)N(Cc1ccsc1)[C@H]1CC12CCN(C(=O)c1ccon1)CC2. The third-order valence-electron chi connectivity index (χ3n) is 5.56. The topological polar surface area (TPSA) is 66.7 Å². The number of nitrogens with zero attached hydrogens (tertiary/aromatic N) is 3. The van der Waals surface area contributed by atoms with Gasteiger partial charge in [-0.25, -0.2) is 0 Å². The van der Waals surface area contributed by atoms with E-state index in [-0.39, 0.29) is 17.2 Å². The molecule has 0 aromatic carbocycles. The molecule has 25 heavy (non-hydrogen) atoms. The molecule has 7 heteroatoms. The summed E-state index contributed by atoms with van der Waals surface area (Å²) in [6.45, 7) is 3.77. The number of likely N-dealkylation sites (tertiary alicyclic amines) is 1. The number of aromatic nitrogens is 1. The standard InChI is InChI=1S/C18H21N3O3S/c1-13(22)21(11-14-3-9-25-12-14)16-10-18(16)4-6-20(7-5-18)17(23)15-2-8-24-19-15/h2-3,8-9,12,16H,4-7,10-11H2,1H3/t16-/m0/s1. The van der Waals surface area contributed by atoms with E-state index < -0.39 is 0 Å². The van der Waals surface area contributed by atoms with Gasteiger partial charge in [0.15, 0.2) is 5.69 Å². The number of hydrogen-bond acceptors (Lipinski definition) is 5. The minimum absolute atomic E-state index is 0.0671. The molecule has 1 aliphatic heterocycles. The zero-order valence-corrected chi connectivity index (χ0v) is 15.0. The van der Waals surface area contributed by atoms with Crippen molar-refractivity contribution in [1.29, 1.82) is 0 Å². The van der Waals surface area contributed by atoms with Gasteiger partial charge < -0.3 is 14.3 Å². The lowest BCUT2D eigenvalue weighted by Gasteiger charge is -2.34. The van der Waals surface area contributed by atoms with E-state index in [2.05, 4.69) is 16.6 Å². The van der Waals surface area contributed by atoms with Crippen LogP contribution in [0.25, 0.3) is 0 Å². The Bertz CT molecular complexity index is 749. The van der Waals surface area contributed by atoms with Crippen molar-refractivity contribution in [3.05, 3.63) is 40.4 Å². The van der Waals surface area contributed by atoms with Gasteiger partial charge in [-0.1, -0.05) is 5.16 Å². The Kier molecular flexibility index (Phi) is 4.11. The second-order valence-electron chi connectivity index (χ2n) is 7.04. The molecule has 2 aromatic heterocycles. The first-order valence-corrected chi connectivity index (χ1v) is 9.51. The summed E-state index contributed by atoms with van der Waals surface area (Å²) in [5.74, 6) is 0.0664. The lowest BCUT2D eigenvalue weighted by Crippen LogP contribution is -2.42. The summed E-state index contributed by atoms with van der Waals surface area (Å²) in [5.41, 5.74) is 1.74. The van der Waals surface area contributed by atoms with Crippen molar-refractivity contribution in [3.63, 3.8) is 0 Å². The highest BCUT2D eigenvalue weighted by molar-refractivity contribution is 7.07. The van der Waals surface area contributed by atoms with Crippen LogP contribution in [-0.2, 0) is 11.3 Å². The fourth-order valence-corrected chi connectivity index (χ4v) is 4.62. The summed E-state index contributed by atoms with van der Waals surface area (Å²) >= 11 is 1.66. The van der Waals surface area contributed by atoms with Crippen LogP contribution in [0.5, 0.6) is 0 Å². The summed E-state index contributed by atoms with van der Waals surface area (Å²) in [5, 5.41) is 7.88. The number of amides is 2. The van der Waals surface area contributed by atoms with E-state index in [4.69, 9.17) is 4.52 Å². The largest absolute Gasteiger partial charge is 0.364 e. The number of piperidine rings is 1. The van der Waals surface area contributed by atoms with Gasteiger partial charge in [-0.3, -0.25) is 9.59 Å². The van der Waals surface area contributed by atoms with Crippen molar-refractivity contribution < 1.29 is 14.1 Å². The van der Waals surface area contributed by atoms with Crippen molar-refractivity contribution >= 4 is 23.2 Å². The van der Waals surface area contributed by atoms with E-state index in [9.17, 15) is 9.59 Å². The monoisotopic (exact) mass is 359 g/mol. The van der Waals surface area contributed by atoms with Crippen LogP contribution in [0.2, 0.25) is 0 Å². The van der Waals surface area contributed by atoms with Gasteiger partial charge in [0.25, 0.3) is 5.91 Å². The zero-order valence-electron chi connectivity index (χ0n) is 14.2. The van der Waals surface area contributed by atoms with Gasteiger partial charge in [0.2, 0.25) is 5.91 Å². The normalized spacial score (nSPS) is 21.3. The van der Waals surface area contributed by atoms with Crippen LogP contribution in [0.4, 0.5) is 0 Å². The van der Waals surface area contributed by atoms with E-state index >= 15 is 0 Å². The molecule has 1 saturated heterocycles. The molecule has 1 aliphatic carbocycles. The highest BCUT2D eigenvalue weighted by atomic mass is 32.1. The molecule has 0 bridgehead atoms. The molecule has 6 nitrogen and oxygen atoms in total. The molecule has 2 aromatic rings. The second-order valence-corrected chi connectivity index (χ2v) is 7.82. The molecule has 1 saturated carbocycles. The molecule has 2 aliphatic rings. The van der Waals surface area contributed by atoms with Crippen molar-refractivity contribution in [1.82, 2.24) is 15.0 Å². The minimum Gasteiger partial charge on any atom is -0.364 e. The maximum absolute atomic E-state index is 12.4. The molecule has 132 valence electrons. The van der Waals surface area contributed by atoms with Crippen molar-refractivity contribution in [3.8, 4) is 0 Å². The number of hydrogen-bond donors (Lipinski definition) is 0. The Hall–Kier alpha value is -2.15. The highest BCUT2D eigenvalue weighted by Gasteiger charge is 2.58. The van der Waals surface area contributed by atoms with Gasteiger partial charge in [0, 0.05) is 38.7 Å². The van der Waals surface area contributed by atoms with Crippen molar-refractivity contribution in [2.24, 2.45) is 5.41 Å². The van der Waals surface area contributed by atoms with E-state index in [0.29, 0.717) is 31.4 Å². The van der Waals surface area contributed by atoms with E-state index in [1.807, 2.05) is 15.2 Å². The Balaban J connectivity index is 1.38. The molecule has 3 heterocycles. The summed E-state index contributed by atoms with van der Waals surface area (Å²) in [4.78, 5) is 28.4. The summed E-state index contributed by atoms with van der Waals surface area (Å²) in [6, 6.07) is 3.98. The Labute approximate surface area is 150 Å². The van der Waals surface area contributed by atoms with Crippen LogP contribution in [-0.4, -0.2) is 45.9 Å². The van der Waals surface area contributed by atoms with Crippen LogP contribution < -0.4 is 0 Å². The van der Waals surface area contributed by atoms with Gasteiger partial charge in [-0.2, -0.15) is 11.3 Å². The number of carbonyl (C=O) groups is 2. The third kappa shape index (κ3) is 3.08. The van der Waals surface area contributed by atoms with Crippen LogP contribution in [0, 0.1) is 5.41 Å². The fourth-order valence-electron chi connectivity index (χ4n) is 3.96. The lowest BCUT2D eigenvalue weighted by molar-refractivity contribution is -0.130. The van der Waals surface area contributed by atoms with Gasteiger partial charge in [-0.05, 0) is 47.1 Å². The summed E-state index contributed by atoms with van der Waals surface area (Å²) in [6.07, 6.45) is 4.34. The number of rotatable bonds is 4. The first-order valence-electron chi connectivity index (χ1n) is 8.57. The average Bonchev–Trinajstić information content (AvgIpc) is 3.07. The maximum Gasteiger partial charge on any atom is 0.276 e. The van der Waals surface area contributed by atoms with E-state index in [1.165, 1.54) is 11.8 Å². The Morgan fingerprint density at radius 2 is 2.20 bits per heavy atom. The minimum atomic E-state index is -0.0671. The zero-order chi connectivity index (χ0) is 17.4. The molecule has 0 radical (unpaired) electrons. The molecule has 2 amide bonds. The molecule has 4 rings (SSSR count). The number of thiophene rings is 1. The maximum atomic E-state index is 12.4. The molecular weight excluding hydrogens is 338 g/mol. The first kappa shape index (κ1) is 16.3. The van der Waals surface area contributed by atoms with Crippen LogP contribution in [0.1, 0.15) is 42.2 Å². The predicted molar refractivity (Wildman–Crippen MR) is 93.0 cm³/mol. The quantitative estimate of drug-likeness (QED) is 0.842. The Morgan fingerprint density at radius 3 is 2.80 bits per heavy atom. The average molecular weight is 359 g/mol. The molecular formula is C18H21N3O3S. The van der Waals surface area contributed by atoms with E-state index in [0.717, 1.165) is 19.3 Å². The van der Waals surface area contributed by atoms with Crippen LogP contribution in [0.3, 0.4) is 0 Å². The lowest BCUT2D eigenvalue weighted by atomic mass is 9.92. The first-order chi connectivity index (χ1) is 12.1. The van der Waals surface area contributed by atoms with Gasteiger partial charge in [0.05, 0.1) is 0 Å². The fraction of sp³-hybridized carbons (Fsp3) is 0.500. The highest BCUT2D eigenvalue weighted by Crippen LogP contribution is 2.57. The third-order valence-corrected chi connectivity index (χ3v) is 6.30. The molecule has 2 fully saturated rings. The van der Waals surface area contributed by atoms with Crippen LogP contribution >= 0.6 is 11.3 Å². The van der Waals surface area contributed by atoms with E-state index in [1.54, 1.807) is 24.3 Å². The molecule has 1 atom stereocenters. The smallest absolute Gasteiger partial charge is 0.276 e.